The lowest BCUT2D eigenvalue weighted by atomic mass is 9.77. The number of nitrogens with zero attached hydrogens (tertiary/aromatic N) is 1. The van der Waals surface area contributed by atoms with Crippen LogP contribution in [0.25, 0.3) is 0 Å². The van der Waals surface area contributed by atoms with Crippen molar-refractivity contribution in [1.82, 2.24) is 0 Å². The summed E-state index contributed by atoms with van der Waals surface area (Å²) in [6.07, 6.45) is -0.0552. The molecule has 6 rings (SSSR count). The van der Waals surface area contributed by atoms with Crippen molar-refractivity contribution in [2.45, 2.75) is 18.4 Å². The molecule has 3 aromatic rings. The summed E-state index contributed by atoms with van der Waals surface area (Å²) < 4.78 is 11.9. The Hall–Kier alpha value is -4.53. The average Bonchev–Trinajstić information content (AvgIpc) is 3.25. The minimum Gasteiger partial charge on any atom is -0.508 e. The lowest BCUT2D eigenvalue weighted by Crippen LogP contribution is -2.33. The van der Waals surface area contributed by atoms with Gasteiger partial charge in [-0.1, -0.05) is 0 Å². The maximum absolute atomic E-state index is 13.3. The maximum atomic E-state index is 13.3. The van der Waals surface area contributed by atoms with Gasteiger partial charge in [0.2, 0.25) is 11.8 Å². The summed E-state index contributed by atoms with van der Waals surface area (Å²) in [6.45, 7) is 0. The minimum absolute atomic E-state index is 0.0276. The van der Waals surface area contributed by atoms with Crippen LogP contribution >= 0.6 is 0 Å². The van der Waals surface area contributed by atoms with Crippen LogP contribution in [0.3, 0.4) is 0 Å². The van der Waals surface area contributed by atoms with Crippen molar-refractivity contribution in [2.24, 2.45) is 0 Å². The minimum atomic E-state index is -1.56. The number of rotatable bonds is 1. The number of imide groups is 1. The Morgan fingerprint density at radius 3 is 1.88 bits per heavy atom. The number of hydrogen-bond donors (Lipinski definition) is 3. The Morgan fingerprint density at radius 1 is 0.758 bits per heavy atom. The van der Waals surface area contributed by atoms with Gasteiger partial charge < -0.3 is 24.8 Å². The average molecular weight is 445 g/mol. The van der Waals surface area contributed by atoms with Crippen LogP contribution in [0, 0.1) is 0 Å². The molecule has 3 aromatic carbocycles. The number of anilines is 1. The molecule has 0 radical (unpaired) electrons. The fourth-order valence-electron chi connectivity index (χ4n) is 4.81. The van der Waals surface area contributed by atoms with Crippen molar-refractivity contribution in [1.29, 1.82) is 0 Å². The van der Waals surface area contributed by atoms with E-state index in [-0.39, 0.29) is 52.7 Å². The Kier molecular flexibility index (Phi) is 3.64. The summed E-state index contributed by atoms with van der Waals surface area (Å²) in [6, 6.07) is 11.4. The second kappa shape index (κ2) is 6.26. The first-order valence-corrected chi connectivity index (χ1v) is 10.1. The highest BCUT2D eigenvalue weighted by Crippen LogP contribution is 2.59. The number of ether oxygens (including phenoxy) is 2. The molecule has 0 atom stereocenters. The summed E-state index contributed by atoms with van der Waals surface area (Å²) in [5.41, 5.74) is -0.824. The molecule has 3 aliphatic heterocycles. The Labute approximate surface area is 186 Å². The van der Waals surface area contributed by atoms with Gasteiger partial charge in [-0.2, -0.15) is 0 Å². The summed E-state index contributed by atoms with van der Waals surface area (Å²) in [4.78, 5) is 39.0. The van der Waals surface area contributed by atoms with Crippen molar-refractivity contribution in [3.05, 3.63) is 70.8 Å². The van der Waals surface area contributed by atoms with Gasteiger partial charge in [0.25, 0.3) is 0 Å². The number of fused-ring (bicyclic) bond motifs is 6. The van der Waals surface area contributed by atoms with Gasteiger partial charge in [-0.15, -0.1) is 0 Å². The van der Waals surface area contributed by atoms with Gasteiger partial charge in [-0.05, 0) is 36.4 Å². The largest absolute Gasteiger partial charge is 0.508 e. The molecule has 33 heavy (non-hydrogen) atoms. The zero-order chi connectivity index (χ0) is 23.1. The van der Waals surface area contributed by atoms with E-state index in [9.17, 15) is 29.7 Å². The van der Waals surface area contributed by atoms with Crippen LogP contribution in [-0.2, 0) is 19.9 Å². The number of carbonyl (C=O) groups is 3. The summed E-state index contributed by atoms with van der Waals surface area (Å²) >= 11 is 0. The van der Waals surface area contributed by atoms with Gasteiger partial charge in [-0.3, -0.25) is 9.59 Å². The molecule has 2 amide bonds. The van der Waals surface area contributed by atoms with Crippen molar-refractivity contribution in [2.75, 3.05) is 4.90 Å². The molecule has 0 saturated carbocycles. The summed E-state index contributed by atoms with van der Waals surface area (Å²) in [5.74, 6) is -2.10. The molecule has 1 saturated heterocycles. The number of esters is 1. The van der Waals surface area contributed by atoms with Crippen LogP contribution in [0.5, 0.6) is 28.7 Å². The van der Waals surface area contributed by atoms with E-state index in [2.05, 4.69) is 0 Å². The van der Waals surface area contributed by atoms with Gasteiger partial charge in [0.15, 0.2) is 5.60 Å². The fraction of sp³-hybridized carbons (Fsp3) is 0.125. The molecule has 1 fully saturated rings. The van der Waals surface area contributed by atoms with Crippen LogP contribution in [0.15, 0.2) is 48.5 Å². The first-order valence-electron chi connectivity index (χ1n) is 10.1. The normalized spacial score (nSPS) is 17.5. The smallest absolute Gasteiger partial charge is 0.342 e. The molecule has 0 aromatic heterocycles. The third-order valence-electron chi connectivity index (χ3n) is 6.17. The van der Waals surface area contributed by atoms with E-state index in [1.807, 2.05) is 0 Å². The molecule has 9 nitrogen and oxygen atoms in total. The summed E-state index contributed by atoms with van der Waals surface area (Å²) in [7, 11) is 0. The van der Waals surface area contributed by atoms with Gasteiger partial charge in [0.1, 0.15) is 34.4 Å². The second-order valence-electron chi connectivity index (χ2n) is 8.01. The van der Waals surface area contributed by atoms with Crippen LogP contribution in [-0.4, -0.2) is 33.1 Å². The number of carbonyl (C=O) groups excluding carboxylic acids is 3. The maximum Gasteiger partial charge on any atom is 0.342 e. The predicted octanol–water partition coefficient (Wildman–Crippen LogP) is 3.02. The number of benzene rings is 3. The molecular formula is C24H15NO8. The monoisotopic (exact) mass is 445 g/mol. The van der Waals surface area contributed by atoms with E-state index < -0.39 is 29.1 Å². The molecule has 0 unspecified atom stereocenters. The van der Waals surface area contributed by atoms with Crippen LogP contribution in [0.1, 0.15) is 39.9 Å². The molecular weight excluding hydrogens is 430 g/mol. The number of amides is 2. The SMILES string of the molecule is O=C1OC2(c3ccc(O)cc3Oc3cc(O)ccc32)c2ccc(O)c(N3C(=O)CCC3=O)c21. The van der Waals surface area contributed by atoms with E-state index >= 15 is 0 Å². The Morgan fingerprint density at radius 2 is 1.30 bits per heavy atom. The Bertz CT molecular complexity index is 1360. The zero-order valence-electron chi connectivity index (χ0n) is 16.9. The molecule has 3 aliphatic rings. The summed E-state index contributed by atoms with van der Waals surface area (Å²) in [5, 5.41) is 30.6. The van der Waals surface area contributed by atoms with E-state index in [1.165, 1.54) is 36.4 Å². The third-order valence-corrected chi connectivity index (χ3v) is 6.17. The standard InChI is InChI=1S/C24H15NO8/c26-11-1-3-13-17(9-11)32-18-10-12(27)2-4-14(18)24(13)15-5-6-16(28)22(21(15)23(31)33-24)25-19(29)7-8-20(25)30/h1-6,9-10,26-28H,7-8H2. The van der Waals surface area contributed by atoms with Crippen molar-refractivity contribution in [3.63, 3.8) is 0 Å². The van der Waals surface area contributed by atoms with Crippen LogP contribution in [0.2, 0.25) is 0 Å². The molecule has 1 spiro atoms. The highest BCUT2D eigenvalue weighted by atomic mass is 16.6. The predicted molar refractivity (Wildman–Crippen MR) is 111 cm³/mol. The van der Waals surface area contributed by atoms with Crippen LogP contribution in [0.4, 0.5) is 5.69 Å². The topological polar surface area (TPSA) is 134 Å². The van der Waals surface area contributed by atoms with Crippen molar-refractivity contribution in [3.8, 4) is 28.7 Å². The lowest BCUT2D eigenvalue weighted by molar-refractivity contribution is -0.121. The molecule has 0 bridgehead atoms. The van der Waals surface area contributed by atoms with Gasteiger partial charge >= 0.3 is 5.97 Å². The molecule has 3 heterocycles. The third kappa shape index (κ3) is 2.38. The van der Waals surface area contributed by atoms with E-state index in [0.29, 0.717) is 11.1 Å². The second-order valence-corrected chi connectivity index (χ2v) is 8.01. The highest BCUT2D eigenvalue weighted by molar-refractivity contribution is 6.23. The van der Waals surface area contributed by atoms with Crippen molar-refractivity contribution < 1.29 is 39.2 Å². The number of phenolic OH excluding ortho intramolecular Hbond substituents is 3. The van der Waals surface area contributed by atoms with Gasteiger partial charge in [0, 0.05) is 41.7 Å². The molecule has 164 valence electrons. The van der Waals surface area contributed by atoms with E-state index in [0.717, 1.165) is 4.90 Å². The van der Waals surface area contributed by atoms with Crippen molar-refractivity contribution >= 4 is 23.5 Å². The van der Waals surface area contributed by atoms with E-state index in [1.54, 1.807) is 12.1 Å². The number of hydrogen-bond acceptors (Lipinski definition) is 8. The quantitative estimate of drug-likeness (QED) is 0.385. The Balaban J connectivity index is 1.70. The molecule has 9 heteroatoms. The first-order chi connectivity index (χ1) is 15.8. The highest BCUT2D eigenvalue weighted by Gasteiger charge is 2.55. The molecule has 0 aliphatic carbocycles. The fourth-order valence-corrected chi connectivity index (χ4v) is 4.81. The van der Waals surface area contributed by atoms with E-state index in [4.69, 9.17) is 9.47 Å². The van der Waals surface area contributed by atoms with Crippen LogP contribution < -0.4 is 9.64 Å². The first kappa shape index (κ1) is 19.2. The lowest BCUT2D eigenvalue weighted by Gasteiger charge is -2.36. The molecule has 3 N–H and O–H groups in total. The number of phenols is 3. The number of aromatic hydroxyl groups is 3. The van der Waals surface area contributed by atoms with Gasteiger partial charge in [-0.25, -0.2) is 9.69 Å². The van der Waals surface area contributed by atoms with Gasteiger partial charge in [0.05, 0.1) is 5.56 Å². The zero-order valence-corrected chi connectivity index (χ0v) is 16.9.